The molecular weight excluding hydrogens is 182 g/mol. The molecule has 0 spiro atoms. The molecule has 0 aliphatic carbocycles. The minimum absolute atomic E-state index is 0.581. The third-order valence-electron chi connectivity index (χ3n) is 2.11. The predicted octanol–water partition coefficient (Wildman–Crippen LogP) is 3.86. The Labute approximate surface area is 85.1 Å². The van der Waals surface area contributed by atoms with Crippen molar-refractivity contribution in [2.75, 3.05) is 0 Å². The van der Waals surface area contributed by atoms with Crippen LogP contribution in [-0.4, -0.2) is 4.98 Å². The van der Waals surface area contributed by atoms with E-state index in [1.165, 1.54) is 31.2 Å². The van der Waals surface area contributed by atoms with E-state index in [0.717, 1.165) is 6.42 Å². The van der Waals surface area contributed by atoms with Gasteiger partial charge in [-0.15, -0.1) is 0 Å². The van der Waals surface area contributed by atoms with Gasteiger partial charge in [-0.05, 0) is 24.5 Å². The summed E-state index contributed by atoms with van der Waals surface area (Å²) in [6.07, 6.45) is 8.20. The van der Waals surface area contributed by atoms with Crippen LogP contribution in [0.25, 0.3) is 0 Å². The fourth-order valence-corrected chi connectivity index (χ4v) is 1.42. The third-order valence-corrected chi connectivity index (χ3v) is 2.33. The molecule has 0 saturated heterocycles. The average Bonchev–Trinajstić information content (AvgIpc) is 2.15. The minimum Gasteiger partial charge on any atom is -0.244 e. The van der Waals surface area contributed by atoms with Gasteiger partial charge in [-0.25, -0.2) is 4.98 Å². The van der Waals surface area contributed by atoms with Crippen molar-refractivity contribution >= 4 is 11.6 Å². The Kier molecular flexibility index (Phi) is 4.84. The number of aryl methyl sites for hydroxylation is 1. The first-order valence-electron chi connectivity index (χ1n) is 4.93. The summed E-state index contributed by atoms with van der Waals surface area (Å²) in [6.45, 7) is 2.23. The molecule has 0 radical (unpaired) electrons. The standard InChI is InChI=1S/C11H16ClN/c1-2-3-4-5-6-10-7-8-11(12)13-9-10/h7-9H,2-6H2,1H3. The molecule has 1 aromatic rings. The van der Waals surface area contributed by atoms with Gasteiger partial charge in [0.25, 0.3) is 0 Å². The first-order chi connectivity index (χ1) is 6.33. The van der Waals surface area contributed by atoms with E-state index in [9.17, 15) is 0 Å². The van der Waals surface area contributed by atoms with Crippen LogP contribution in [0.4, 0.5) is 0 Å². The normalized spacial score (nSPS) is 10.3. The summed E-state index contributed by atoms with van der Waals surface area (Å²) in [5.41, 5.74) is 1.29. The van der Waals surface area contributed by atoms with Gasteiger partial charge in [-0.3, -0.25) is 0 Å². The summed E-state index contributed by atoms with van der Waals surface area (Å²) >= 11 is 5.68. The molecular formula is C11H16ClN. The molecule has 2 heteroatoms. The molecule has 0 aliphatic rings. The second-order valence-corrected chi connectivity index (χ2v) is 3.69. The van der Waals surface area contributed by atoms with Gasteiger partial charge in [0.15, 0.2) is 0 Å². The fraction of sp³-hybridized carbons (Fsp3) is 0.545. The van der Waals surface area contributed by atoms with Crippen molar-refractivity contribution in [1.29, 1.82) is 0 Å². The first kappa shape index (κ1) is 10.5. The number of hydrogen-bond donors (Lipinski definition) is 0. The van der Waals surface area contributed by atoms with Crippen LogP contribution in [0.3, 0.4) is 0 Å². The van der Waals surface area contributed by atoms with Crippen LogP contribution >= 0.6 is 11.6 Å². The summed E-state index contributed by atoms with van der Waals surface area (Å²) in [5, 5.41) is 0.581. The van der Waals surface area contributed by atoms with Crippen LogP contribution in [0, 0.1) is 0 Å². The van der Waals surface area contributed by atoms with Crippen LogP contribution in [0.2, 0.25) is 5.15 Å². The lowest BCUT2D eigenvalue weighted by Gasteiger charge is -2.00. The van der Waals surface area contributed by atoms with Crippen LogP contribution < -0.4 is 0 Å². The van der Waals surface area contributed by atoms with Gasteiger partial charge in [0.2, 0.25) is 0 Å². The van der Waals surface area contributed by atoms with Gasteiger partial charge >= 0.3 is 0 Å². The number of aromatic nitrogens is 1. The summed E-state index contributed by atoms with van der Waals surface area (Å²) in [6, 6.07) is 3.91. The Balaban J connectivity index is 2.25. The summed E-state index contributed by atoms with van der Waals surface area (Å²) in [7, 11) is 0. The largest absolute Gasteiger partial charge is 0.244 e. The summed E-state index contributed by atoms with van der Waals surface area (Å²) in [4.78, 5) is 4.04. The van der Waals surface area contributed by atoms with E-state index in [4.69, 9.17) is 11.6 Å². The average molecular weight is 198 g/mol. The smallest absolute Gasteiger partial charge is 0.129 e. The minimum atomic E-state index is 0.581. The number of unbranched alkanes of at least 4 members (excludes halogenated alkanes) is 3. The second kappa shape index (κ2) is 5.98. The highest BCUT2D eigenvalue weighted by atomic mass is 35.5. The number of nitrogens with zero attached hydrogens (tertiary/aromatic N) is 1. The maximum absolute atomic E-state index is 5.68. The number of pyridine rings is 1. The number of hydrogen-bond acceptors (Lipinski definition) is 1. The molecule has 1 heterocycles. The lowest BCUT2D eigenvalue weighted by molar-refractivity contribution is 0.666. The maximum atomic E-state index is 5.68. The monoisotopic (exact) mass is 197 g/mol. The van der Waals surface area contributed by atoms with Crippen LogP contribution in [0.1, 0.15) is 38.2 Å². The van der Waals surface area contributed by atoms with Crippen molar-refractivity contribution in [3.05, 3.63) is 29.0 Å². The van der Waals surface area contributed by atoms with Crippen molar-refractivity contribution in [2.45, 2.75) is 39.0 Å². The van der Waals surface area contributed by atoms with Crippen LogP contribution in [-0.2, 0) is 6.42 Å². The van der Waals surface area contributed by atoms with Crippen LogP contribution in [0.5, 0.6) is 0 Å². The molecule has 0 atom stereocenters. The van der Waals surface area contributed by atoms with Crippen molar-refractivity contribution < 1.29 is 0 Å². The van der Waals surface area contributed by atoms with Gasteiger partial charge in [0, 0.05) is 6.20 Å². The van der Waals surface area contributed by atoms with Gasteiger partial charge < -0.3 is 0 Å². The van der Waals surface area contributed by atoms with E-state index in [-0.39, 0.29) is 0 Å². The highest BCUT2D eigenvalue weighted by molar-refractivity contribution is 6.29. The zero-order valence-corrected chi connectivity index (χ0v) is 8.85. The van der Waals surface area contributed by atoms with E-state index >= 15 is 0 Å². The highest BCUT2D eigenvalue weighted by Crippen LogP contribution is 2.09. The lowest BCUT2D eigenvalue weighted by Crippen LogP contribution is -1.86. The van der Waals surface area contributed by atoms with Crippen molar-refractivity contribution in [3.63, 3.8) is 0 Å². The molecule has 1 rings (SSSR count). The molecule has 0 fully saturated rings. The Hall–Kier alpha value is -0.560. The zero-order valence-electron chi connectivity index (χ0n) is 8.09. The Morgan fingerprint density at radius 1 is 1.23 bits per heavy atom. The van der Waals surface area contributed by atoms with Crippen molar-refractivity contribution in [2.24, 2.45) is 0 Å². The Bertz CT molecular complexity index is 230. The first-order valence-corrected chi connectivity index (χ1v) is 5.31. The van der Waals surface area contributed by atoms with Gasteiger partial charge in [0.1, 0.15) is 5.15 Å². The highest BCUT2D eigenvalue weighted by Gasteiger charge is 1.94. The zero-order chi connectivity index (χ0) is 9.52. The third kappa shape index (κ3) is 4.28. The van der Waals surface area contributed by atoms with E-state index in [2.05, 4.69) is 18.0 Å². The SMILES string of the molecule is CCCCCCc1ccc(Cl)nc1. The predicted molar refractivity (Wildman–Crippen MR) is 57.1 cm³/mol. The Morgan fingerprint density at radius 3 is 2.69 bits per heavy atom. The molecule has 0 amide bonds. The molecule has 0 saturated carbocycles. The van der Waals surface area contributed by atoms with Crippen LogP contribution in [0.15, 0.2) is 18.3 Å². The van der Waals surface area contributed by atoms with Crippen molar-refractivity contribution in [3.8, 4) is 0 Å². The molecule has 0 aliphatic heterocycles. The number of halogens is 1. The summed E-state index contributed by atoms with van der Waals surface area (Å²) < 4.78 is 0. The van der Waals surface area contributed by atoms with E-state index in [1.807, 2.05) is 12.3 Å². The maximum Gasteiger partial charge on any atom is 0.129 e. The van der Waals surface area contributed by atoms with E-state index in [0.29, 0.717) is 5.15 Å². The molecule has 1 aromatic heterocycles. The molecule has 72 valence electrons. The Morgan fingerprint density at radius 2 is 2.08 bits per heavy atom. The quantitative estimate of drug-likeness (QED) is 0.516. The van der Waals surface area contributed by atoms with Gasteiger partial charge in [0.05, 0.1) is 0 Å². The topological polar surface area (TPSA) is 12.9 Å². The van der Waals surface area contributed by atoms with E-state index < -0.39 is 0 Å². The molecule has 0 bridgehead atoms. The fourth-order valence-electron chi connectivity index (χ4n) is 1.31. The van der Waals surface area contributed by atoms with Gasteiger partial charge in [-0.1, -0.05) is 43.9 Å². The van der Waals surface area contributed by atoms with Gasteiger partial charge in [-0.2, -0.15) is 0 Å². The summed E-state index contributed by atoms with van der Waals surface area (Å²) in [5.74, 6) is 0. The molecule has 0 N–H and O–H groups in total. The number of rotatable bonds is 5. The van der Waals surface area contributed by atoms with Crippen molar-refractivity contribution in [1.82, 2.24) is 4.98 Å². The molecule has 0 unspecified atom stereocenters. The second-order valence-electron chi connectivity index (χ2n) is 3.30. The molecule has 0 aromatic carbocycles. The van der Waals surface area contributed by atoms with E-state index in [1.54, 1.807) is 0 Å². The lowest BCUT2D eigenvalue weighted by atomic mass is 10.1. The molecule has 13 heavy (non-hydrogen) atoms. The molecule has 1 nitrogen and oxygen atoms in total.